The molecular weight excluding hydrogens is 164 g/mol. The summed E-state index contributed by atoms with van der Waals surface area (Å²) in [5.41, 5.74) is 5.54. The second kappa shape index (κ2) is 6.50. The molecule has 0 aromatic rings. The molecule has 0 aromatic heterocycles. The molecule has 13 heavy (non-hydrogen) atoms. The highest BCUT2D eigenvalue weighted by Crippen LogP contribution is 1.96. The van der Waals surface area contributed by atoms with Crippen molar-refractivity contribution < 1.29 is 4.79 Å². The van der Waals surface area contributed by atoms with Crippen molar-refractivity contribution in [2.75, 3.05) is 0 Å². The molecule has 1 amide bonds. The van der Waals surface area contributed by atoms with Gasteiger partial charge in [0.2, 0.25) is 5.91 Å². The smallest absolute Gasteiger partial charge is 0.237 e. The van der Waals surface area contributed by atoms with E-state index in [1.165, 1.54) is 0 Å². The zero-order valence-corrected chi connectivity index (χ0v) is 8.34. The lowest BCUT2D eigenvalue weighted by atomic mass is 10.1. The highest BCUT2D eigenvalue weighted by atomic mass is 16.2. The first kappa shape index (κ1) is 12.0. The summed E-state index contributed by atoms with van der Waals surface area (Å²) >= 11 is 0. The number of hydrogen-bond donors (Lipinski definition) is 2. The van der Waals surface area contributed by atoms with E-state index < -0.39 is 6.04 Å². The van der Waals surface area contributed by atoms with Crippen molar-refractivity contribution in [2.24, 2.45) is 5.73 Å². The maximum absolute atomic E-state index is 11.3. The monoisotopic (exact) mass is 182 g/mol. The third-order valence-electron chi connectivity index (χ3n) is 1.87. The first-order chi connectivity index (χ1) is 6.15. The lowest BCUT2D eigenvalue weighted by Gasteiger charge is -2.14. The predicted molar refractivity (Wildman–Crippen MR) is 53.9 cm³/mol. The summed E-state index contributed by atoms with van der Waals surface area (Å²) in [6.45, 7) is 3.89. The van der Waals surface area contributed by atoms with Gasteiger partial charge in [0.1, 0.15) is 0 Å². The van der Waals surface area contributed by atoms with E-state index in [-0.39, 0.29) is 11.9 Å². The van der Waals surface area contributed by atoms with E-state index in [1.54, 1.807) is 0 Å². The quantitative estimate of drug-likeness (QED) is 0.613. The van der Waals surface area contributed by atoms with Crippen LogP contribution in [0.5, 0.6) is 0 Å². The molecule has 3 N–H and O–H groups in total. The van der Waals surface area contributed by atoms with Gasteiger partial charge in [-0.15, -0.1) is 6.42 Å². The normalized spacial score (nSPS) is 14.3. The van der Waals surface area contributed by atoms with Crippen molar-refractivity contribution in [3.8, 4) is 12.3 Å². The first-order valence-corrected chi connectivity index (χ1v) is 4.67. The minimum Gasteiger partial charge on any atom is -0.341 e. The van der Waals surface area contributed by atoms with Gasteiger partial charge in [-0.1, -0.05) is 26.2 Å². The average Bonchev–Trinajstić information content (AvgIpc) is 2.15. The Morgan fingerprint density at radius 3 is 2.62 bits per heavy atom. The molecule has 0 aliphatic rings. The molecule has 2 atom stereocenters. The van der Waals surface area contributed by atoms with Crippen LogP contribution in [0.1, 0.15) is 33.1 Å². The number of carbonyl (C=O) groups is 1. The summed E-state index contributed by atoms with van der Waals surface area (Å²) in [5.74, 6) is 2.37. The van der Waals surface area contributed by atoms with Gasteiger partial charge in [0.05, 0.1) is 12.1 Å². The summed E-state index contributed by atoms with van der Waals surface area (Å²) in [6, 6.07) is -0.609. The fourth-order valence-electron chi connectivity index (χ4n) is 0.950. The highest BCUT2D eigenvalue weighted by molar-refractivity contribution is 5.81. The fraction of sp³-hybridized carbons (Fsp3) is 0.700. The Kier molecular flexibility index (Phi) is 5.99. The molecule has 0 saturated heterocycles. The van der Waals surface area contributed by atoms with Crippen LogP contribution < -0.4 is 11.1 Å². The van der Waals surface area contributed by atoms with Gasteiger partial charge in [-0.05, 0) is 12.8 Å². The van der Waals surface area contributed by atoms with E-state index in [0.717, 1.165) is 12.8 Å². The number of carbonyl (C=O) groups excluding carboxylic acids is 1. The Morgan fingerprint density at radius 2 is 2.23 bits per heavy atom. The maximum Gasteiger partial charge on any atom is 0.237 e. The summed E-state index contributed by atoms with van der Waals surface area (Å²) in [7, 11) is 0. The Balaban J connectivity index is 3.95. The Bertz CT molecular complexity index is 196. The second-order valence-corrected chi connectivity index (χ2v) is 3.03. The van der Waals surface area contributed by atoms with Crippen LogP contribution in [-0.4, -0.2) is 18.0 Å². The van der Waals surface area contributed by atoms with E-state index in [1.807, 2.05) is 13.8 Å². The molecule has 0 fully saturated rings. The van der Waals surface area contributed by atoms with Gasteiger partial charge >= 0.3 is 0 Å². The van der Waals surface area contributed by atoms with Gasteiger partial charge in [0.25, 0.3) is 0 Å². The van der Waals surface area contributed by atoms with Gasteiger partial charge in [-0.3, -0.25) is 4.79 Å². The van der Waals surface area contributed by atoms with Crippen molar-refractivity contribution in [1.82, 2.24) is 5.32 Å². The SMILES string of the molecule is C#CC(CCC)NC(=O)[C@H](N)CC. The molecule has 0 bridgehead atoms. The van der Waals surface area contributed by atoms with Crippen molar-refractivity contribution >= 4 is 5.91 Å². The van der Waals surface area contributed by atoms with Crippen molar-refractivity contribution in [2.45, 2.75) is 45.2 Å². The van der Waals surface area contributed by atoms with E-state index in [9.17, 15) is 4.79 Å². The van der Waals surface area contributed by atoms with Crippen molar-refractivity contribution in [1.29, 1.82) is 0 Å². The molecule has 0 aliphatic heterocycles. The van der Waals surface area contributed by atoms with Crippen LogP contribution in [0.15, 0.2) is 0 Å². The van der Waals surface area contributed by atoms with Crippen molar-refractivity contribution in [3.05, 3.63) is 0 Å². The number of hydrogen-bond acceptors (Lipinski definition) is 2. The van der Waals surface area contributed by atoms with E-state index in [2.05, 4.69) is 11.2 Å². The first-order valence-electron chi connectivity index (χ1n) is 4.67. The summed E-state index contributed by atoms with van der Waals surface area (Å²) < 4.78 is 0. The lowest BCUT2D eigenvalue weighted by Crippen LogP contribution is -2.44. The molecule has 74 valence electrons. The molecule has 1 unspecified atom stereocenters. The molecule has 0 heterocycles. The molecule has 0 radical (unpaired) electrons. The minimum absolute atomic E-state index is 0.154. The van der Waals surface area contributed by atoms with Crippen LogP contribution >= 0.6 is 0 Å². The standard InChI is InChI=1S/C10H18N2O/c1-4-7-8(5-2)12-10(13)9(11)6-3/h2,8-9H,4,6-7,11H2,1,3H3,(H,12,13)/t8?,9-/m1/s1. The average molecular weight is 182 g/mol. The lowest BCUT2D eigenvalue weighted by molar-refractivity contribution is -0.122. The fourth-order valence-corrected chi connectivity index (χ4v) is 0.950. The van der Waals surface area contributed by atoms with Gasteiger partial charge < -0.3 is 11.1 Å². The van der Waals surface area contributed by atoms with Gasteiger partial charge in [0.15, 0.2) is 0 Å². The zero-order chi connectivity index (χ0) is 10.3. The molecule has 0 aromatic carbocycles. The van der Waals surface area contributed by atoms with Crippen LogP contribution in [0, 0.1) is 12.3 Å². The zero-order valence-electron chi connectivity index (χ0n) is 8.34. The third kappa shape index (κ3) is 4.54. The Hall–Kier alpha value is -1.01. The number of amides is 1. The van der Waals surface area contributed by atoms with Crippen LogP contribution in [-0.2, 0) is 4.79 Å². The Morgan fingerprint density at radius 1 is 1.62 bits per heavy atom. The van der Waals surface area contributed by atoms with Crippen LogP contribution in [0.2, 0.25) is 0 Å². The largest absolute Gasteiger partial charge is 0.341 e. The number of nitrogens with one attached hydrogen (secondary N) is 1. The second-order valence-electron chi connectivity index (χ2n) is 3.03. The van der Waals surface area contributed by atoms with E-state index >= 15 is 0 Å². The van der Waals surface area contributed by atoms with E-state index in [4.69, 9.17) is 12.2 Å². The highest BCUT2D eigenvalue weighted by Gasteiger charge is 2.13. The maximum atomic E-state index is 11.3. The number of terminal acetylenes is 1. The molecule has 0 aliphatic carbocycles. The minimum atomic E-state index is -0.437. The summed E-state index contributed by atoms with van der Waals surface area (Å²) in [6.07, 6.45) is 7.64. The van der Waals surface area contributed by atoms with Crippen LogP contribution in [0.4, 0.5) is 0 Å². The van der Waals surface area contributed by atoms with Crippen molar-refractivity contribution in [3.63, 3.8) is 0 Å². The topological polar surface area (TPSA) is 55.1 Å². The molecule has 3 nitrogen and oxygen atoms in total. The number of rotatable bonds is 5. The molecule has 0 rings (SSSR count). The van der Waals surface area contributed by atoms with Gasteiger partial charge in [0, 0.05) is 0 Å². The van der Waals surface area contributed by atoms with Gasteiger partial charge in [-0.2, -0.15) is 0 Å². The third-order valence-corrected chi connectivity index (χ3v) is 1.87. The summed E-state index contributed by atoms with van der Waals surface area (Å²) in [4.78, 5) is 11.3. The predicted octanol–water partition coefficient (Wildman–Crippen LogP) is 0.642. The molecule has 0 spiro atoms. The molecular formula is C10H18N2O. The van der Waals surface area contributed by atoms with E-state index in [0.29, 0.717) is 6.42 Å². The number of nitrogens with two attached hydrogens (primary N) is 1. The Labute approximate surface area is 80.1 Å². The molecule has 3 heteroatoms. The van der Waals surface area contributed by atoms with Crippen LogP contribution in [0.25, 0.3) is 0 Å². The molecule has 0 saturated carbocycles. The van der Waals surface area contributed by atoms with Gasteiger partial charge in [-0.25, -0.2) is 0 Å². The summed E-state index contributed by atoms with van der Waals surface area (Å²) in [5, 5.41) is 2.72. The van der Waals surface area contributed by atoms with Crippen LogP contribution in [0.3, 0.4) is 0 Å².